The summed E-state index contributed by atoms with van der Waals surface area (Å²) in [4.78, 5) is 16.8. The summed E-state index contributed by atoms with van der Waals surface area (Å²) in [6, 6.07) is 0. The summed E-state index contributed by atoms with van der Waals surface area (Å²) in [5, 5.41) is 10.3. The van der Waals surface area contributed by atoms with Gasteiger partial charge in [-0.15, -0.1) is 0 Å². The SMILES string of the molecule is CNc1nc(NCC2(SC)CC2)nc(-n2cncn2)n1. The van der Waals surface area contributed by atoms with Gasteiger partial charge in [-0.25, -0.2) is 4.98 Å². The molecule has 8 nitrogen and oxygen atoms in total. The van der Waals surface area contributed by atoms with Crippen molar-refractivity contribution < 1.29 is 0 Å². The maximum absolute atomic E-state index is 4.37. The van der Waals surface area contributed by atoms with Gasteiger partial charge in [0.05, 0.1) is 0 Å². The van der Waals surface area contributed by atoms with Gasteiger partial charge >= 0.3 is 0 Å². The number of nitrogens with zero attached hydrogens (tertiary/aromatic N) is 6. The van der Waals surface area contributed by atoms with E-state index in [2.05, 4.69) is 41.9 Å². The lowest BCUT2D eigenvalue weighted by Crippen LogP contribution is -2.20. The van der Waals surface area contributed by atoms with Gasteiger partial charge in [0.15, 0.2) is 0 Å². The van der Waals surface area contributed by atoms with Crippen LogP contribution in [0.3, 0.4) is 0 Å². The van der Waals surface area contributed by atoms with E-state index in [1.807, 2.05) is 11.8 Å². The molecule has 20 heavy (non-hydrogen) atoms. The van der Waals surface area contributed by atoms with E-state index in [-0.39, 0.29) is 0 Å². The van der Waals surface area contributed by atoms with Crippen LogP contribution in [0.5, 0.6) is 0 Å². The van der Waals surface area contributed by atoms with E-state index in [1.165, 1.54) is 23.9 Å². The first-order valence-corrected chi connectivity index (χ1v) is 7.55. The van der Waals surface area contributed by atoms with E-state index in [1.54, 1.807) is 13.4 Å². The minimum absolute atomic E-state index is 0.347. The second kappa shape index (κ2) is 5.23. The highest BCUT2D eigenvalue weighted by molar-refractivity contribution is 8.00. The lowest BCUT2D eigenvalue weighted by Gasteiger charge is -2.13. The third-order valence-electron chi connectivity index (χ3n) is 3.28. The predicted molar refractivity (Wildman–Crippen MR) is 78.3 cm³/mol. The Labute approximate surface area is 120 Å². The Morgan fingerprint density at radius 2 is 2.10 bits per heavy atom. The molecule has 1 aliphatic carbocycles. The molecule has 9 heteroatoms. The van der Waals surface area contributed by atoms with Crippen LogP contribution in [0, 0.1) is 0 Å². The van der Waals surface area contributed by atoms with Crippen molar-refractivity contribution in [2.45, 2.75) is 17.6 Å². The van der Waals surface area contributed by atoms with Crippen molar-refractivity contribution in [3.63, 3.8) is 0 Å². The summed E-state index contributed by atoms with van der Waals surface area (Å²) < 4.78 is 1.86. The molecule has 2 aromatic heterocycles. The Kier molecular flexibility index (Phi) is 3.43. The summed E-state index contributed by atoms with van der Waals surface area (Å²) >= 11 is 1.89. The van der Waals surface area contributed by atoms with Gasteiger partial charge in [-0.3, -0.25) is 0 Å². The maximum Gasteiger partial charge on any atom is 0.258 e. The van der Waals surface area contributed by atoms with E-state index < -0.39 is 0 Å². The first-order chi connectivity index (χ1) is 9.74. The van der Waals surface area contributed by atoms with Gasteiger partial charge in [0.2, 0.25) is 11.9 Å². The lowest BCUT2D eigenvalue weighted by molar-refractivity contribution is 0.793. The smallest absolute Gasteiger partial charge is 0.258 e. The summed E-state index contributed by atoms with van der Waals surface area (Å²) in [6.45, 7) is 0.859. The average molecular weight is 292 g/mol. The molecule has 106 valence electrons. The third kappa shape index (κ3) is 2.67. The van der Waals surface area contributed by atoms with Crippen molar-refractivity contribution >= 4 is 23.7 Å². The molecular weight excluding hydrogens is 276 g/mol. The molecule has 1 aliphatic rings. The Morgan fingerprint density at radius 3 is 2.70 bits per heavy atom. The standard InChI is InChI=1S/C11H16N8S/c1-12-8-16-9(14-5-11(20-2)3-4-11)18-10(17-8)19-7-13-6-15-19/h6-7H,3-5H2,1-2H3,(H2,12,14,16,17,18). The quantitative estimate of drug-likeness (QED) is 0.807. The van der Waals surface area contributed by atoms with Crippen LogP contribution >= 0.6 is 11.8 Å². The second-order valence-electron chi connectivity index (χ2n) is 4.61. The topological polar surface area (TPSA) is 93.4 Å². The molecule has 0 radical (unpaired) electrons. The first-order valence-electron chi connectivity index (χ1n) is 6.32. The molecule has 0 aliphatic heterocycles. The van der Waals surface area contributed by atoms with Crippen LogP contribution < -0.4 is 10.6 Å². The highest BCUT2D eigenvalue weighted by atomic mass is 32.2. The van der Waals surface area contributed by atoms with Crippen molar-refractivity contribution in [2.75, 3.05) is 30.5 Å². The maximum atomic E-state index is 4.37. The van der Waals surface area contributed by atoms with Gasteiger partial charge in [-0.05, 0) is 19.1 Å². The number of rotatable bonds is 6. The van der Waals surface area contributed by atoms with Crippen LogP contribution in [-0.4, -0.2) is 54.3 Å². The predicted octanol–water partition coefficient (Wildman–Crippen LogP) is 0.801. The second-order valence-corrected chi connectivity index (χ2v) is 5.89. The number of hydrogen-bond acceptors (Lipinski definition) is 8. The zero-order valence-electron chi connectivity index (χ0n) is 11.4. The van der Waals surface area contributed by atoms with E-state index in [4.69, 9.17) is 0 Å². The zero-order chi connectivity index (χ0) is 14.0. The fraction of sp³-hybridized carbons (Fsp3) is 0.545. The normalized spacial score (nSPS) is 15.9. The molecule has 3 rings (SSSR count). The number of anilines is 2. The fourth-order valence-electron chi connectivity index (χ4n) is 1.80. The van der Waals surface area contributed by atoms with Crippen LogP contribution in [0.4, 0.5) is 11.9 Å². The van der Waals surface area contributed by atoms with Crippen LogP contribution in [0.1, 0.15) is 12.8 Å². The Hall–Kier alpha value is -1.90. The van der Waals surface area contributed by atoms with E-state index >= 15 is 0 Å². The van der Waals surface area contributed by atoms with Gasteiger partial charge < -0.3 is 10.6 Å². The van der Waals surface area contributed by atoms with Gasteiger partial charge in [-0.2, -0.15) is 36.5 Å². The molecule has 0 aromatic carbocycles. The van der Waals surface area contributed by atoms with Crippen molar-refractivity contribution in [1.29, 1.82) is 0 Å². The molecular formula is C11H16N8S. The van der Waals surface area contributed by atoms with Crippen molar-refractivity contribution in [3.8, 4) is 5.95 Å². The molecule has 2 N–H and O–H groups in total. The van der Waals surface area contributed by atoms with E-state index in [0.717, 1.165) is 6.54 Å². The van der Waals surface area contributed by atoms with Gasteiger partial charge in [-0.1, -0.05) is 0 Å². The van der Waals surface area contributed by atoms with E-state index in [0.29, 0.717) is 22.6 Å². The van der Waals surface area contributed by atoms with Crippen molar-refractivity contribution in [2.24, 2.45) is 0 Å². The molecule has 1 saturated carbocycles. The Balaban J connectivity index is 1.81. The summed E-state index contributed by atoms with van der Waals surface area (Å²) in [5.41, 5.74) is 0. The number of aromatic nitrogens is 6. The van der Waals surface area contributed by atoms with Crippen LogP contribution in [0.25, 0.3) is 5.95 Å². The molecule has 2 aromatic rings. The average Bonchev–Trinajstić information content (AvgIpc) is 3.06. The lowest BCUT2D eigenvalue weighted by atomic mass is 10.4. The summed E-state index contributed by atoms with van der Waals surface area (Å²) in [6.07, 6.45) is 7.62. The monoisotopic (exact) mass is 292 g/mol. The van der Waals surface area contributed by atoms with Gasteiger partial charge in [0.1, 0.15) is 12.7 Å². The van der Waals surface area contributed by atoms with Gasteiger partial charge in [0.25, 0.3) is 5.95 Å². The largest absolute Gasteiger partial charge is 0.357 e. The Morgan fingerprint density at radius 1 is 1.30 bits per heavy atom. The molecule has 0 spiro atoms. The van der Waals surface area contributed by atoms with Gasteiger partial charge in [0, 0.05) is 18.3 Å². The molecule has 0 bridgehead atoms. The zero-order valence-corrected chi connectivity index (χ0v) is 12.2. The highest BCUT2D eigenvalue weighted by Crippen LogP contribution is 2.46. The summed E-state index contributed by atoms with van der Waals surface area (Å²) in [5.74, 6) is 1.50. The molecule has 0 unspecified atom stereocenters. The van der Waals surface area contributed by atoms with Crippen molar-refractivity contribution in [1.82, 2.24) is 29.7 Å². The minimum Gasteiger partial charge on any atom is -0.357 e. The van der Waals surface area contributed by atoms with Crippen LogP contribution in [0.2, 0.25) is 0 Å². The highest BCUT2D eigenvalue weighted by Gasteiger charge is 2.41. The fourth-order valence-corrected chi connectivity index (χ4v) is 2.53. The van der Waals surface area contributed by atoms with Crippen LogP contribution in [0.15, 0.2) is 12.7 Å². The Bertz CT molecular complexity index is 580. The molecule has 2 heterocycles. The number of thioether (sulfide) groups is 1. The van der Waals surface area contributed by atoms with E-state index in [9.17, 15) is 0 Å². The van der Waals surface area contributed by atoms with Crippen molar-refractivity contribution in [3.05, 3.63) is 12.7 Å². The number of hydrogen-bond donors (Lipinski definition) is 2. The third-order valence-corrected chi connectivity index (χ3v) is 4.70. The first kappa shape index (κ1) is 13.1. The summed E-state index contributed by atoms with van der Waals surface area (Å²) in [7, 11) is 1.77. The number of nitrogens with one attached hydrogen (secondary N) is 2. The minimum atomic E-state index is 0.347. The molecule has 0 saturated heterocycles. The molecule has 0 atom stereocenters. The van der Waals surface area contributed by atoms with Crippen LogP contribution in [-0.2, 0) is 0 Å². The molecule has 1 fully saturated rings. The molecule has 0 amide bonds.